The van der Waals surface area contributed by atoms with Crippen molar-refractivity contribution in [2.45, 2.75) is 92.2 Å². The summed E-state index contributed by atoms with van der Waals surface area (Å²) in [4.78, 5) is 22.0. The van der Waals surface area contributed by atoms with Gasteiger partial charge in [0.15, 0.2) is 5.72 Å². The molecule has 2 aromatic carbocycles. The lowest BCUT2D eigenvalue weighted by atomic mass is 9.43. The van der Waals surface area contributed by atoms with Gasteiger partial charge in [0, 0.05) is 78.5 Å². The highest BCUT2D eigenvalue weighted by molar-refractivity contribution is 5.93. The highest BCUT2D eigenvalue weighted by atomic mass is 16.5. The maximum Gasteiger partial charge on any atom is 0.335 e. The Morgan fingerprint density at radius 1 is 0.887 bits per heavy atom. The summed E-state index contributed by atoms with van der Waals surface area (Å²) in [5.41, 5.74) is 4.37. The molecule has 9 aliphatic heterocycles. The molecule has 11 atom stereocenters. The Balaban J connectivity index is 1.02. The third-order valence-electron chi connectivity index (χ3n) is 17.7. The predicted molar refractivity (Wildman–Crippen MR) is 196 cm³/mol. The van der Waals surface area contributed by atoms with E-state index in [1.54, 1.807) is 7.11 Å². The first kappa shape index (κ1) is 31.1. The summed E-state index contributed by atoms with van der Waals surface area (Å²) < 4.78 is 25.8. The molecule has 0 unspecified atom stereocenters. The average Bonchev–Trinajstić information content (AvgIpc) is 4.02. The van der Waals surface area contributed by atoms with Crippen LogP contribution in [0.3, 0.4) is 0 Å². The SMILES string of the molecule is COC(=O)C1=C2Nc3ccccc3[C@]23CCN2C[C@]4(C[C@@H]5C[C@]67CCO[C@@H]6CCN6CC[C@]8(c9cccc(OC)c9N(C4)[C@]58O)[C@H]67)[C@@H]4OCC[C@@]4(C1)[C@@H]23. The third-order valence-corrected chi connectivity index (χ3v) is 17.7. The van der Waals surface area contributed by atoms with Crippen molar-refractivity contribution < 1.29 is 28.8 Å². The van der Waals surface area contributed by atoms with E-state index in [9.17, 15) is 9.90 Å². The zero-order valence-corrected chi connectivity index (χ0v) is 30.9. The molecule has 0 bridgehead atoms. The van der Waals surface area contributed by atoms with Crippen LogP contribution in [0.25, 0.3) is 0 Å². The van der Waals surface area contributed by atoms with Crippen LogP contribution in [0.15, 0.2) is 53.7 Å². The molecule has 9 heterocycles. The number of para-hydroxylation sites is 2. The first-order valence-corrected chi connectivity index (χ1v) is 20.4. The first-order chi connectivity index (χ1) is 25.8. The van der Waals surface area contributed by atoms with Gasteiger partial charge in [0.05, 0.1) is 48.5 Å². The van der Waals surface area contributed by atoms with Crippen LogP contribution in [0.2, 0.25) is 0 Å². The van der Waals surface area contributed by atoms with Gasteiger partial charge in [-0.1, -0.05) is 30.3 Å². The van der Waals surface area contributed by atoms with E-state index in [4.69, 9.17) is 18.9 Å². The number of aliphatic hydroxyl groups is 1. The quantitative estimate of drug-likeness (QED) is 0.441. The molecule has 0 radical (unpaired) electrons. The van der Waals surface area contributed by atoms with Gasteiger partial charge in [0.2, 0.25) is 0 Å². The molecule has 7 saturated heterocycles. The van der Waals surface area contributed by atoms with E-state index in [-0.39, 0.29) is 57.8 Å². The number of hydrogen-bond acceptors (Lipinski definition) is 10. The fourth-order valence-electron chi connectivity index (χ4n) is 16.8. The lowest BCUT2D eigenvalue weighted by Gasteiger charge is -2.70. The second kappa shape index (κ2) is 9.62. The van der Waals surface area contributed by atoms with Gasteiger partial charge in [-0.05, 0) is 87.7 Å². The minimum Gasteiger partial charge on any atom is -0.495 e. The number of fused-ring (bicyclic) bond motifs is 4. The summed E-state index contributed by atoms with van der Waals surface area (Å²) in [6, 6.07) is 15.8. The minimum absolute atomic E-state index is 0.00339. The van der Waals surface area contributed by atoms with Crippen LogP contribution >= 0.6 is 0 Å². The molecule has 13 rings (SSSR count). The Morgan fingerprint density at radius 2 is 1.72 bits per heavy atom. The summed E-state index contributed by atoms with van der Waals surface area (Å²) in [5, 5.41) is 17.8. The Labute approximate surface area is 310 Å². The van der Waals surface area contributed by atoms with Gasteiger partial charge >= 0.3 is 5.97 Å². The van der Waals surface area contributed by atoms with Gasteiger partial charge in [-0.25, -0.2) is 4.79 Å². The summed E-state index contributed by atoms with van der Waals surface area (Å²) in [6.45, 7) is 6.12. The molecule has 10 heteroatoms. The molecular weight excluding hydrogens is 668 g/mol. The molecule has 2 aliphatic carbocycles. The van der Waals surface area contributed by atoms with Crippen molar-refractivity contribution >= 4 is 17.3 Å². The number of hydrogen-bond donors (Lipinski definition) is 2. The molecule has 2 aromatic rings. The Kier molecular flexibility index (Phi) is 5.64. The Morgan fingerprint density at radius 3 is 2.60 bits per heavy atom. The zero-order valence-electron chi connectivity index (χ0n) is 30.9. The van der Waals surface area contributed by atoms with Crippen molar-refractivity contribution in [1.82, 2.24) is 9.80 Å². The maximum absolute atomic E-state index is 14.0. The zero-order chi connectivity index (χ0) is 35.3. The van der Waals surface area contributed by atoms with Crippen LogP contribution in [0.5, 0.6) is 5.75 Å². The average molecular weight is 719 g/mol. The first-order valence-electron chi connectivity index (χ1n) is 20.4. The smallest absolute Gasteiger partial charge is 0.335 e. The molecule has 278 valence electrons. The van der Waals surface area contributed by atoms with Crippen LogP contribution < -0.4 is 15.0 Å². The van der Waals surface area contributed by atoms with Crippen molar-refractivity contribution in [3.63, 3.8) is 0 Å². The summed E-state index contributed by atoms with van der Waals surface area (Å²) in [7, 11) is 3.32. The lowest BCUT2D eigenvalue weighted by Crippen LogP contribution is -2.81. The number of nitrogens with zero attached hydrogens (tertiary/aromatic N) is 3. The van der Waals surface area contributed by atoms with E-state index >= 15 is 0 Å². The lowest BCUT2D eigenvalue weighted by molar-refractivity contribution is -0.232. The van der Waals surface area contributed by atoms with E-state index < -0.39 is 11.1 Å². The fraction of sp³-hybridized carbons (Fsp3) is 0.651. The van der Waals surface area contributed by atoms with Gasteiger partial charge in [0.1, 0.15) is 5.75 Å². The molecule has 53 heavy (non-hydrogen) atoms. The molecular formula is C43H50N4O6. The van der Waals surface area contributed by atoms with Crippen molar-refractivity contribution in [3.8, 4) is 5.75 Å². The van der Waals surface area contributed by atoms with E-state index in [0.717, 1.165) is 106 Å². The van der Waals surface area contributed by atoms with E-state index in [2.05, 4.69) is 62.5 Å². The molecule has 5 spiro atoms. The second-order valence-electron chi connectivity index (χ2n) is 18.9. The number of ether oxygens (including phenoxy) is 4. The maximum atomic E-state index is 14.0. The van der Waals surface area contributed by atoms with Crippen molar-refractivity contribution in [2.24, 2.45) is 22.2 Å². The van der Waals surface area contributed by atoms with Gasteiger partial charge in [-0.2, -0.15) is 0 Å². The van der Waals surface area contributed by atoms with E-state index in [0.29, 0.717) is 19.6 Å². The number of piperidine rings is 3. The van der Waals surface area contributed by atoms with E-state index in [1.165, 1.54) is 18.2 Å². The number of carbonyl (C=O) groups is 1. The fourth-order valence-corrected chi connectivity index (χ4v) is 16.8. The van der Waals surface area contributed by atoms with E-state index in [1.807, 2.05) is 0 Å². The number of rotatable bonds is 2. The number of carbonyl (C=O) groups excluding carboxylic acids is 1. The standard InChI is InChI=1S/C43H50N4O6/c1-50-30-9-5-7-28-32(30)47-24-38(20-25-21-39-13-18-52-31(39)10-15-45-17-12-42(28,36(39)45)43(25,47)49)23-46-16-11-41-27-6-3-4-8-29(27)44-33(41)26(34(48)51-2)22-40(35(41)46)14-19-53-37(38)40/h3-9,25,31,35-37,44,49H,10-24H2,1-2H3/t25-,31-,35-,36-,37+,38+,39-,40-,41-,42+,43+/m1/s1. The third kappa shape index (κ3) is 3.07. The largest absolute Gasteiger partial charge is 0.495 e. The van der Waals surface area contributed by atoms with Crippen molar-refractivity contribution in [3.05, 3.63) is 64.9 Å². The minimum atomic E-state index is -1.04. The normalized spacial score (nSPS) is 47.6. The molecule has 2 N–H and O–H groups in total. The molecule has 0 aromatic heterocycles. The molecule has 1 saturated carbocycles. The summed E-state index contributed by atoms with van der Waals surface area (Å²) in [6.07, 6.45) is 7.62. The van der Waals surface area contributed by atoms with Crippen LogP contribution in [-0.2, 0) is 29.8 Å². The monoisotopic (exact) mass is 718 g/mol. The number of anilines is 2. The van der Waals surface area contributed by atoms with Gasteiger partial charge in [-0.3, -0.25) is 9.80 Å². The highest BCUT2D eigenvalue weighted by Crippen LogP contribution is 2.77. The van der Waals surface area contributed by atoms with Crippen LogP contribution in [0.1, 0.15) is 62.5 Å². The van der Waals surface area contributed by atoms with Gasteiger partial charge in [-0.15, -0.1) is 0 Å². The number of esters is 1. The number of benzene rings is 2. The predicted octanol–water partition coefficient (Wildman–Crippen LogP) is 4.16. The molecule has 10 nitrogen and oxygen atoms in total. The highest BCUT2D eigenvalue weighted by Gasteiger charge is 2.83. The molecule has 11 aliphatic rings. The van der Waals surface area contributed by atoms with Gasteiger partial charge < -0.3 is 34.3 Å². The molecule has 0 amide bonds. The second-order valence-corrected chi connectivity index (χ2v) is 18.9. The van der Waals surface area contributed by atoms with Crippen molar-refractivity contribution in [1.29, 1.82) is 0 Å². The Hall–Kier alpha value is -3.15. The molecule has 8 fully saturated rings. The van der Waals surface area contributed by atoms with Crippen LogP contribution in [-0.4, -0.2) is 111 Å². The Bertz CT molecular complexity index is 2060. The van der Waals surface area contributed by atoms with Crippen molar-refractivity contribution in [2.75, 3.05) is 70.4 Å². The van der Waals surface area contributed by atoms with Crippen LogP contribution in [0.4, 0.5) is 11.4 Å². The number of methoxy groups -OCH3 is 2. The summed E-state index contributed by atoms with van der Waals surface area (Å²) in [5.74, 6) is 0.674. The number of nitrogens with one attached hydrogen (secondary N) is 1. The van der Waals surface area contributed by atoms with Gasteiger partial charge in [0.25, 0.3) is 0 Å². The van der Waals surface area contributed by atoms with Crippen LogP contribution in [0, 0.1) is 22.2 Å². The summed E-state index contributed by atoms with van der Waals surface area (Å²) >= 11 is 0. The topological polar surface area (TPSA) is 96.0 Å².